The van der Waals surface area contributed by atoms with Gasteiger partial charge < -0.3 is 10.2 Å². The number of hydrogen-bond donors (Lipinski definition) is 1. The first-order valence-corrected chi connectivity index (χ1v) is 15.4. The van der Waals surface area contributed by atoms with E-state index in [0.29, 0.717) is 19.4 Å². The van der Waals surface area contributed by atoms with Gasteiger partial charge in [0.1, 0.15) is 12.6 Å². The van der Waals surface area contributed by atoms with Gasteiger partial charge in [0, 0.05) is 18.1 Å². The molecule has 0 radical (unpaired) electrons. The van der Waals surface area contributed by atoms with Crippen molar-refractivity contribution in [3.8, 4) is 0 Å². The number of halogens is 2. The van der Waals surface area contributed by atoms with Crippen LogP contribution in [0.5, 0.6) is 0 Å². The molecule has 3 rings (SSSR count). The summed E-state index contributed by atoms with van der Waals surface area (Å²) < 4.78 is 28.7. The highest BCUT2D eigenvalue weighted by molar-refractivity contribution is 7.92. The molecule has 40 heavy (non-hydrogen) atoms. The second-order valence-electron chi connectivity index (χ2n) is 9.81. The summed E-state index contributed by atoms with van der Waals surface area (Å²) in [5, 5.41) is 3.31. The molecule has 1 atom stereocenters. The lowest BCUT2D eigenvalue weighted by molar-refractivity contribution is -0.139. The fourth-order valence-electron chi connectivity index (χ4n) is 4.23. The quantitative estimate of drug-likeness (QED) is 0.267. The Hall–Kier alpha value is -3.07. The standard InChI is InChI=1S/C30H35Cl2N3O4S/c1-4-27(30(37)33-20-22(2)3)34(18-17-23-11-7-5-8-12-23)29(36)21-35(28-19-24(31)15-16-26(28)32)40(38,39)25-13-9-6-10-14-25/h5-16,19,22,27H,4,17-18,20-21H2,1-3H3,(H,33,37)/t27-/m0/s1. The van der Waals surface area contributed by atoms with E-state index in [-0.39, 0.29) is 39.0 Å². The molecule has 0 saturated heterocycles. The molecule has 0 saturated carbocycles. The Morgan fingerprint density at radius 2 is 1.55 bits per heavy atom. The van der Waals surface area contributed by atoms with Crippen molar-refractivity contribution in [3.05, 3.63) is 94.5 Å². The molecule has 0 unspecified atom stereocenters. The van der Waals surface area contributed by atoms with Gasteiger partial charge in [-0.25, -0.2) is 8.42 Å². The number of carbonyl (C=O) groups is 2. The van der Waals surface area contributed by atoms with Crippen LogP contribution in [-0.2, 0) is 26.0 Å². The Balaban J connectivity index is 2.02. The zero-order chi connectivity index (χ0) is 29.3. The Labute approximate surface area is 247 Å². The van der Waals surface area contributed by atoms with E-state index in [9.17, 15) is 18.0 Å². The van der Waals surface area contributed by atoms with Gasteiger partial charge in [0.2, 0.25) is 11.8 Å². The monoisotopic (exact) mass is 603 g/mol. The molecule has 0 aliphatic heterocycles. The Morgan fingerprint density at radius 1 is 0.925 bits per heavy atom. The van der Waals surface area contributed by atoms with Gasteiger partial charge in [-0.15, -0.1) is 0 Å². The van der Waals surface area contributed by atoms with Crippen molar-refractivity contribution in [1.29, 1.82) is 0 Å². The van der Waals surface area contributed by atoms with Crippen molar-refractivity contribution in [2.75, 3.05) is 23.9 Å². The van der Waals surface area contributed by atoms with Gasteiger partial charge in [-0.05, 0) is 54.7 Å². The summed E-state index contributed by atoms with van der Waals surface area (Å²) in [5.74, 6) is -0.583. The fraction of sp³-hybridized carbons (Fsp3) is 0.333. The Kier molecular flexibility index (Phi) is 11.4. The summed E-state index contributed by atoms with van der Waals surface area (Å²) in [4.78, 5) is 28.7. The number of carbonyl (C=O) groups excluding carboxylic acids is 2. The molecule has 214 valence electrons. The smallest absolute Gasteiger partial charge is 0.264 e. The van der Waals surface area contributed by atoms with Crippen LogP contribution in [0.15, 0.2) is 83.8 Å². The van der Waals surface area contributed by atoms with Gasteiger partial charge in [-0.2, -0.15) is 0 Å². The molecule has 3 aromatic carbocycles. The van der Waals surface area contributed by atoms with Crippen LogP contribution in [0.4, 0.5) is 5.69 Å². The molecule has 0 aliphatic carbocycles. The van der Waals surface area contributed by atoms with Gasteiger partial charge in [0.25, 0.3) is 10.0 Å². The minimum atomic E-state index is -4.22. The average molecular weight is 605 g/mol. The topological polar surface area (TPSA) is 86.8 Å². The first-order chi connectivity index (χ1) is 19.0. The second kappa shape index (κ2) is 14.5. The Morgan fingerprint density at radius 3 is 2.15 bits per heavy atom. The number of rotatable bonds is 13. The number of amides is 2. The lowest BCUT2D eigenvalue weighted by atomic mass is 10.1. The molecular formula is C30H35Cl2N3O4S. The first kappa shape index (κ1) is 31.5. The summed E-state index contributed by atoms with van der Waals surface area (Å²) in [6, 6.07) is 21.1. The minimum absolute atomic E-state index is 0.00334. The maximum absolute atomic E-state index is 14.0. The van der Waals surface area contributed by atoms with Crippen LogP contribution in [0.1, 0.15) is 32.8 Å². The van der Waals surface area contributed by atoms with Crippen LogP contribution in [-0.4, -0.2) is 50.8 Å². The number of nitrogens with one attached hydrogen (secondary N) is 1. The predicted molar refractivity (Wildman–Crippen MR) is 161 cm³/mol. The molecule has 3 aromatic rings. The molecule has 2 amide bonds. The number of hydrogen-bond acceptors (Lipinski definition) is 4. The highest BCUT2D eigenvalue weighted by Gasteiger charge is 2.34. The van der Waals surface area contributed by atoms with Crippen LogP contribution in [0.2, 0.25) is 10.0 Å². The molecular weight excluding hydrogens is 569 g/mol. The van der Waals surface area contributed by atoms with Crippen molar-refractivity contribution < 1.29 is 18.0 Å². The number of sulfonamides is 1. The maximum Gasteiger partial charge on any atom is 0.264 e. The molecule has 0 bridgehead atoms. The van der Waals surface area contributed by atoms with Crippen LogP contribution >= 0.6 is 23.2 Å². The molecule has 0 spiro atoms. The van der Waals surface area contributed by atoms with Crippen LogP contribution in [0.3, 0.4) is 0 Å². The van der Waals surface area contributed by atoms with E-state index in [1.54, 1.807) is 24.3 Å². The second-order valence-corrected chi connectivity index (χ2v) is 12.5. The molecule has 10 heteroatoms. The van der Waals surface area contributed by atoms with Gasteiger partial charge in [0.15, 0.2) is 0 Å². The van der Waals surface area contributed by atoms with Gasteiger partial charge in [0.05, 0.1) is 15.6 Å². The summed E-state index contributed by atoms with van der Waals surface area (Å²) in [7, 11) is -4.22. The third kappa shape index (κ3) is 8.22. The van der Waals surface area contributed by atoms with Crippen LogP contribution in [0, 0.1) is 5.92 Å². The number of benzene rings is 3. The largest absolute Gasteiger partial charge is 0.354 e. The zero-order valence-electron chi connectivity index (χ0n) is 22.9. The van der Waals surface area contributed by atoms with Gasteiger partial charge >= 0.3 is 0 Å². The Bertz CT molecular complexity index is 1390. The highest BCUT2D eigenvalue weighted by Crippen LogP contribution is 2.33. The normalized spacial score (nSPS) is 12.2. The van der Waals surface area contributed by atoms with Crippen molar-refractivity contribution in [3.63, 3.8) is 0 Å². The predicted octanol–water partition coefficient (Wildman–Crippen LogP) is 5.81. The number of nitrogens with zero attached hydrogens (tertiary/aromatic N) is 2. The van der Waals surface area contributed by atoms with E-state index in [1.807, 2.05) is 51.1 Å². The van der Waals surface area contributed by atoms with E-state index in [0.717, 1.165) is 9.87 Å². The van der Waals surface area contributed by atoms with E-state index in [4.69, 9.17) is 23.2 Å². The molecule has 0 aliphatic rings. The molecule has 0 aromatic heterocycles. The van der Waals surface area contributed by atoms with Crippen molar-refractivity contribution in [1.82, 2.24) is 10.2 Å². The average Bonchev–Trinajstić information content (AvgIpc) is 2.94. The zero-order valence-corrected chi connectivity index (χ0v) is 25.2. The van der Waals surface area contributed by atoms with E-state index >= 15 is 0 Å². The van der Waals surface area contributed by atoms with Gasteiger partial charge in [-0.1, -0.05) is 92.5 Å². The van der Waals surface area contributed by atoms with Crippen LogP contribution in [0.25, 0.3) is 0 Å². The van der Waals surface area contributed by atoms with Crippen molar-refractivity contribution in [2.24, 2.45) is 5.92 Å². The number of anilines is 1. The van der Waals surface area contributed by atoms with E-state index < -0.39 is 28.5 Å². The molecule has 1 N–H and O–H groups in total. The maximum atomic E-state index is 14.0. The fourth-order valence-corrected chi connectivity index (χ4v) is 6.11. The third-order valence-electron chi connectivity index (χ3n) is 6.34. The van der Waals surface area contributed by atoms with Crippen molar-refractivity contribution in [2.45, 2.75) is 44.6 Å². The summed E-state index contributed by atoms with van der Waals surface area (Å²) in [6.45, 7) is 5.91. The SMILES string of the molecule is CC[C@@H](C(=O)NCC(C)C)N(CCc1ccccc1)C(=O)CN(c1cc(Cl)ccc1Cl)S(=O)(=O)c1ccccc1. The van der Waals surface area contributed by atoms with Crippen molar-refractivity contribution >= 4 is 50.7 Å². The lowest BCUT2D eigenvalue weighted by Gasteiger charge is -2.33. The highest BCUT2D eigenvalue weighted by atomic mass is 35.5. The van der Waals surface area contributed by atoms with Crippen LogP contribution < -0.4 is 9.62 Å². The van der Waals surface area contributed by atoms with Gasteiger partial charge in [-0.3, -0.25) is 13.9 Å². The molecule has 0 heterocycles. The summed E-state index contributed by atoms with van der Waals surface area (Å²) in [6.07, 6.45) is 0.845. The molecule has 7 nitrogen and oxygen atoms in total. The lowest BCUT2D eigenvalue weighted by Crippen LogP contribution is -2.53. The first-order valence-electron chi connectivity index (χ1n) is 13.2. The summed E-state index contributed by atoms with van der Waals surface area (Å²) in [5.41, 5.74) is 1.07. The molecule has 0 fully saturated rings. The van der Waals surface area contributed by atoms with E-state index in [1.165, 1.54) is 29.2 Å². The minimum Gasteiger partial charge on any atom is -0.354 e. The third-order valence-corrected chi connectivity index (χ3v) is 8.67. The van der Waals surface area contributed by atoms with E-state index in [2.05, 4.69) is 5.32 Å². The summed E-state index contributed by atoms with van der Waals surface area (Å²) >= 11 is 12.7.